The Hall–Kier alpha value is -2.44. The molecule has 0 bridgehead atoms. The molecular formula is C24H22Br2N2O2. The molecule has 1 N–H and O–H groups in total. The number of nitrogens with zero attached hydrogens (tertiary/aromatic N) is 1. The van der Waals surface area contributed by atoms with Crippen molar-refractivity contribution in [2.45, 2.75) is 20.8 Å². The fourth-order valence-electron chi connectivity index (χ4n) is 2.88. The Morgan fingerprint density at radius 1 is 1.03 bits per heavy atom. The lowest BCUT2D eigenvalue weighted by Crippen LogP contribution is -2.20. The molecule has 3 rings (SSSR count). The minimum absolute atomic E-state index is 0.113. The van der Waals surface area contributed by atoms with Crippen molar-refractivity contribution in [1.82, 2.24) is 0 Å². The number of benzene rings is 3. The van der Waals surface area contributed by atoms with E-state index in [0.29, 0.717) is 5.75 Å². The summed E-state index contributed by atoms with van der Waals surface area (Å²) < 4.78 is 7.48. The van der Waals surface area contributed by atoms with Crippen LogP contribution in [0.15, 0.2) is 68.5 Å². The summed E-state index contributed by atoms with van der Waals surface area (Å²) in [6, 6.07) is 17.6. The highest BCUT2D eigenvalue weighted by atomic mass is 79.9. The summed E-state index contributed by atoms with van der Waals surface area (Å²) in [5, 5.41) is 2.85. The highest BCUT2D eigenvalue weighted by molar-refractivity contribution is 9.11. The molecular weight excluding hydrogens is 508 g/mol. The number of carbonyl (C=O) groups excluding carboxylic acids is 1. The Balaban J connectivity index is 1.78. The summed E-state index contributed by atoms with van der Waals surface area (Å²) in [4.78, 5) is 17.0. The molecule has 3 aromatic rings. The number of anilines is 1. The van der Waals surface area contributed by atoms with Crippen LogP contribution in [0.4, 0.5) is 11.4 Å². The van der Waals surface area contributed by atoms with E-state index in [1.807, 2.05) is 69.3 Å². The highest BCUT2D eigenvalue weighted by Crippen LogP contribution is 2.33. The van der Waals surface area contributed by atoms with Crippen LogP contribution >= 0.6 is 31.9 Å². The Kier molecular flexibility index (Phi) is 7.45. The van der Waals surface area contributed by atoms with Crippen LogP contribution in [0.1, 0.15) is 22.3 Å². The van der Waals surface area contributed by atoms with Crippen molar-refractivity contribution in [3.8, 4) is 5.75 Å². The van der Waals surface area contributed by atoms with Gasteiger partial charge in [0.15, 0.2) is 6.61 Å². The van der Waals surface area contributed by atoms with Gasteiger partial charge in [0.05, 0.1) is 10.2 Å². The number of rotatable bonds is 6. The van der Waals surface area contributed by atoms with Crippen molar-refractivity contribution >= 4 is 55.4 Å². The van der Waals surface area contributed by atoms with Crippen molar-refractivity contribution in [1.29, 1.82) is 0 Å². The van der Waals surface area contributed by atoms with E-state index in [1.54, 1.807) is 6.21 Å². The Bertz CT molecular complexity index is 1110. The van der Waals surface area contributed by atoms with E-state index < -0.39 is 0 Å². The SMILES string of the molecule is Cc1cccc(NC(=O)COc2c(Br)cc(Br)cc2C=Nc2cc(C)ccc2C)c1. The Labute approximate surface area is 193 Å². The van der Waals surface area contributed by atoms with Crippen molar-refractivity contribution < 1.29 is 9.53 Å². The number of halogens is 2. The molecule has 0 aromatic heterocycles. The molecule has 0 fully saturated rings. The molecule has 0 saturated heterocycles. The average molecular weight is 530 g/mol. The molecule has 0 radical (unpaired) electrons. The molecule has 30 heavy (non-hydrogen) atoms. The van der Waals surface area contributed by atoms with Crippen LogP contribution in [0, 0.1) is 20.8 Å². The van der Waals surface area contributed by atoms with Gasteiger partial charge in [-0.25, -0.2) is 0 Å². The summed E-state index contributed by atoms with van der Waals surface area (Å²) in [5.41, 5.74) is 5.72. The summed E-state index contributed by atoms with van der Waals surface area (Å²) in [5.74, 6) is 0.333. The average Bonchev–Trinajstić information content (AvgIpc) is 2.67. The molecule has 0 heterocycles. The maximum absolute atomic E-state index is 12.4. The number of hydrogen-bond donors (Lipinski definition) is 1. The normalized spacial score (nSPS) is 11.0. The first-order chi connectivity index (χ1) is 14.3. The number of amides is 1. The third kappa shape index (κ3) is 6.03. The molecule has 0 unspecified atom stereocenters. The van der Waals surface area contributed by atoms with Gasteiger partial charge in [-0.2, -0.15) is 0 Å². The second-order valence-corrected chi connectivity index (χ2v) is 8.83. The summed E-state index contributed by atoms with van der Waals surface area (Å²) >= 11 is 7.03. The van der Waals surface area contributed by atoms with Crippen LogP contribution in [0.5, 0.6) is 5.75 Å². The zero-order chi connectivity index (χ0) is 21.7. The van der Waals surface area contributed by atoms with Crippen LogP contribution in [-0.4, -0.2) is 18.7 Å². The highest BCUT2D eigenvalue weighted by Gasteiger charge is 2.12. The largest absolute Gasteiger partial charge is 0.482 e. The third-order valence-electron chi connectivity index (χ3n) is 4.39. The lowest BCUT2D eigenvalue weighted by atomic mass is 10.1. The maximum atomic E-state index is 12.4. The van der Waals surface area contributed by atoms with Crippen molar-refractivity contribution in [3.05, 3.63) is 85.8 Å². The molecule has 0 aliphatic heterocycles. The Morgan fingerprint density at radius 2 is 1.80 bits per heavy atom. The number of ether oxygens (including phenoxy) is 1. The van der Waals surface area contributed by atoms with Gasteiger partial charge >= 0.3 is 0 Å². The topological polar surface area (TPSA) is 50.7 Å². The quantitative estimate of drug-likeness (QED) is 0.353. The summed E-state index contributed by atoms with van der Waals surface area (Å²) in [7, 11) is 0. The number of nitrogens with one attached hydrogen (secondary N) is 1. The van der Waals surface area contributed by atoms with Gasteiger partial charge in [0.1, 0.15) is 5.75 Å². The van der Waals surface area contributed by atoms with Crippen molar-refractivity contribution in [2.75, 3.05) is 11.9 Å². The van der Waals surface area contributed by atoms with Gasteiger partial charge in [-0.1, -0.05) is 40.2 Å². The van der Waals surface area contributed by atoms with Crippen LogP contribution in [0.2, 0.25) is 0 Å². The zero-order valence-electron chi connectivity index (χ0n) is 17.0. The first-order valence-electron chi connectivity index (χ1n) is 9.41. The molecule has 3 aromatic carbocycles. The van der Waals surface area contributed by atoms with Gasteiger partial charge in [-0.15, -0.1) is 0 Å². The van der Waals surface area contributed by atoms with E-state index >= 15 is 0 Å². The maximum Gasteiger partial charge on any atom is 0.262 e. The van der Waals surface area contributed by atoms with Gasteiger partial charge in [-0.05, 0) is 83.7 Å². The molecule has 0 atom stereocenters. The monoisotopic (exact) mass is 528 g/mol. The minimum atomic E-state index is -0.229. The fraction of sp³-hybridized carbons (Fsp3) is 0.167. The first kappa shape index (κ1) is 22.2. The Morgan fingerprint density at radius 3 is 2.57 bits per heavy atom. The molecule has 0 aliphatic rings. The van der Waals surface area contributed by atoms with Gasteiger partial charge in [0, 0.05) is 21.9 Å². The lowest BCUT2D eigenvalue weighted by molar-refractivity contribution is -0.118. The zero-order valence-corrected chi connectivity index (χ0v) is 20.2. The van der Waals surface area contributed by atoms with Gasteiger partial charge in [0.25, 0.3) is 5.91 Å². The van der Waals surface area contributed by atoms with Crippen molar-refractivity contribution in [2.24, 2.45) is 4.99 Å². The van der Waals surface area contributed by atoms with E-state index in [4.69, 9.17) is 4.74 Å². The van der Waals surface area contributed by atoms with E-state index in [2.05, 4.69) is 48.2 Å². The van der Waals surface area contributed by atoms with E-state index in [0.717, 1.165) is 42.6 Å². The summed E-state index contributed by atoms with van der Waals surface area (Å²) in [6.45, 7) is 5.93. The van der Waals surface area contributed by atoms with E-state index in [9.17, 15) is 4.79 Å². The predicted octanol–water partition coefficient (Wildman–Crippen LogP) is 6.90. The molecule has 6 heteroatoms. The summed E-state index contributed by atoms with van der Waals surface area (Å²) in [6.07, 6.45) is 1.76. The number of aliphatic imine (C=N–C) groups is 1. The third-order valence-corrected chi connectivity index (χ3v) is 5.44. The van der Waals surface area contributed by atoms with Crippen LogP contribution in [-0.2, 0) is 4.79 Å². The lowest BCUT2D eigenvalue weighted by Gasteiger charge is -2.12. The van der Waals surface area contributed by atoms with Crippen LogP contribution in [0.25, 0.3) is 0 Å². The smallest absolute Gasteiger partial charge is 0.262 e. The second kappa shape index (κ2) is 10.0. The molecule has 0 aliphatic carbocycles. The van der Waals surface area contributed by atoms with E-state index in [1.165, 1.54) is 0 Å². The second-order valence-electron chi connectivity index (χ2n) is 7.06. The molecule has 0 spiro atoms. The van der Waals surface area contributed by atoms with Crippen LogP contribution < -0.4 is 10.1 Å². The first-order valence-corrected chi connectivity index (χ1v) is 11.0. The van der Waals surface area contributed by atoms with Gasteiger partial charge < -0.3 is 10.1 Å². The van der Waals surface area contributed by atoms with Crippen LogP contribution in [0.3, 0.4) is 0 Å². The fourth-order valence-corrected chi connectivity index (χ4v) is 4.26. The molecule has 4 nitrogen and oxygen atoms in total. The molecule has 1 amide bonds. The van der Waals surface area contributed by atoms with Gasteiger partial charge in [-0.3, -0.25) is 9.79 Å². The number of carbonyl (C=O) groups is 1. The minimum Gasteiger partial charge on any atom is -0.482 e. The standard InChI is InChI=1S/C24H22Br2N2O2/c1-15-5-4-6-20(9-15)28-23(29)14-30-24-18(11-19(25)12-21(24)26)13-27-22-10-16(2)7-8-17(22)3/h4-13H,14H2,1-3H3,(H,28,29). The van der Waals surface area contributed by atoms with Crippen molar-refractivity contribution in [3.63, 3.8) is 0 Å². The van der Waals surface area contributed by atoms with E-state index in [-0.39, 0.29) is 12.5 Å². The predicted molar refractivity (Wildman–Crippen MR) is 130 cm³/mol. The number of hydrogen-bond acceptors (Lipinski definition) is 3. The number of aryl methyl sites for hydroxylation is 3. The molecule has 0 saturated carbocycles. The molecule has 154 valence electrons. The van der Waals surface area contributed by atoms with Gasteiger partial charge in [0.2, 0.25) is 0 Å².